The molecule has 32 heavy (non-hydrogen) atoms. The van der Waals surface area contributed by atoms with Gasteiger partial charge in [0.05, 0.1) is 19.5 Å². The standard InChI is InChI=1S/C19H22FN9O3/c1-19(20)14(31-8-10-3-5-11(6-4-10)27-28-22)12(7-30)32-17(19)29-9-24-13-15(23-2)25-18(21)26-16(13)29/h3-6,9,12,14,17,30H,7-8H2,1-2H3,(H3,21,23,25,26)/t12-,14-,17-,19-/m1/s1. The van der Waals surface area contributed by atoms with Gasteiger partial charge in [-0.05, 0) is 18.0 Å². The molecule has 1 aliphatic heterocycles. The SMILES string of the molecule is CNc1nc(N)nc2c1ncn2[C@@H]1O[C@H](CO)[C@@H](OCc2ccc(N=[N+]=[N-])cc2)[C@@]1(C)F. The smallest absolute Gasteiger partial charge is 0.224 e. The molecular formula is C19H22FN9O3. The van der Waals surface area contributed by atoms with E-state index in [1.165, 1.54) is 17.8 Å². The van der Waals surface area contributed by atoms with Gasteiger partial charge in [-0.3, -0.25) is 4.57 Å². The molecule has 0 amide bonds. The molecule has 0 bridgehead atoms. The summed E-state index contributed by atoms with van der Waals surface area (Å²) in [4.78, 5) is 15.3. The molecule has 168 valence electrons. The summed E-state index contributed by atoms with van der Waals surface area (Å²) in [5.41, 5.74) is 14.1. The first-order chi connectivity index (χ1) is 15.4. The van der Waals surface area contributed by atoms with Gasteiger partial charge < -0.3 is 25.6 Å². The van der Waals surface area contributed by atoms with Crippen molar-refractivity contribution in [3.63, 3.8) is 0 Å². The van der Waals surface area contributed by atoms with E-state index < -0.39 is 30.7 Å². The van der Waals surface area contributed by atoms with Crippen molar-refractivity contribution >= 4 is 28.6 Å². The van der Waals surface area contributed by atoms with Crippen LogP contribution in [0.1, 0.15) is 18.7 Å². The van der Waals surface area contributed by atoms with Crippen molar-refractivity contribution in [2.75, 3.05) is 24.7 Å². The Balaban J connectivity index is 1.60. The molecule has 4 atom stereocenters. The molecule has 0 unspecified atom stereocenters. The molecule has 2 aromatic heterocycles. The molecule has 1 saturated heterocycles. The highest BCUT2D eigenvalue weighted by Gasteiger charge is 2.56. The van der Waals surface area contributed by atoms with Crippen molar-refractivity contribution in [2.24, 2.45) is 5.11 Å². The lowest BCUT2D eigenvalue weighted by atomic mass is 9.98. The monoisotopic (exact) mass is 443 g/mol. The number of azide groups is 1. The van der Waals surface area contributed by atoms with Crippen LogP contribution in [0.15, 0.2) is 35.7 Å². The second-order valence-corrected chi connectivity index (χ2v) is 7.45. The Labute approximate surface area is 181 Å². The third kappa shape index (κ3) is 3.78. The van der Waals surface area contributed by atoms with E-state index in [0.29, 0.717) is 22.7 Å². The number of rotatable bonds is 7. The number of anilines is 2. The molecular weight excluding hydrogens is 421 g/mol. The summed E-state index contributed by atoms with van der Waals surface area (Å²) in [6.45, 7) is 0.969. The summed E-state index contributed by atoms with van der Waals surface area (Å²) in [6.07, 6.45) is -1.76. The number of benzene rings is 1. The number of aromatic nitrogens is 4. The lowest BCUT2D eigenvalue weighted by Gasteiger charge is -2.28. The van der Waals surface area contributed by atoms with Crippen LogP contribution >= 0.6 is 0 Å². The fourth-order valence-corrected chi connectivity index (χ4v) is 3.80. The van der Waals surface area contributed by atoms with Crippen molar-refractivity contribution in [3.05, 3.63) is 46.6 Å². The quantitative estimate of drug-likeness (QED) is 0.284. The maximum atomic E-state index is 16.1. The number of alkyl halides is 1. The number of nitrogen functional groups attached to an aromatic ring is 1. The normalized spacial score (nSPS) is 25.1. The summed E-state index contributed by atoms with van der Waals surface area (Å²) < 4.78 is 29.2. The van der Waals surface area contributed by atoms with Gasteiger partial charge in [-0.1, -0.05) is 29.4 Å². The number of halogens is 1. The van der Waals surface area contributed by atoms with E-state index in [1.54, 1.807) is 31.3 Å². The first-order valence-corrected chi connectivity index (χ1v) is 9.77. The van der Waals surface area contributed by atoms with Gasteiger partial charge in [0.25, 0.3) is 0 Å². The largest absolute Gasteiger partial charge is 0.394 e. The van der Waals surface area contributed by atoms with Gasteiger partial charge in [-0.25, -0.2) is 9.37 Å². The minimum absolute atomic E-state index is 0.00199. The highest BCUT2D eigenvalue weighted by Crippen LogP contribution is 2.44. The topological polar surface area (TPSA) is 169 Å². The molecule has 12 nitrogen and oxygen atoms in total. The lowest BCUT2D eigenvalue weighted by Crippen LogP contribution is -2.42. The second kappa shape index (κ2) is 8.55. The summed E-state index contributed by atoms with van der Waals surface area (Å²) in [6, 6.07) is 6.68. The van der Waals surface area contributed by atoms with Crippen LogP contribution in [-0.2, 0) is 16.1 Å². The Morgan fingerprint density at radius 3 is 2.81 bits per heavy atom. The van der Waals surface area contributed by atoms with Gasteiger partial charge in [0.1, 0.15) is 12.2 Å². The Hall–Kier alpha value is -3.51. The van der Waals surface area contributed by atoms with Crippen LogP contribution in [0, 0.1) is 0 Å². The maximum Gasteiger partial charge on any atom is 0.224 e. The fourth-order valence-electron chi connectivity index (χ4n) is 3.80. The average molecular weight is 443 g/mol. The Morgan fingerprint density at radius 2 is 2.16 bits per heavy atom. The van der Waals surface area contributed by atoms with Gasteiger partial charge in [0.2, 0.25) is 5.95 Å². The third-order valence-corrected chi connectivity index (χ3v) is 5.31. The van der Waals surface area contributed by atoms with E-state index in [-0.39, 0.29) is 12.6 Å². The van der Waals surface area contributed by atoms with E-state index in [1.807, 2.05) is 0 Å². The van der Waals surface area contributed by atoms with Gasteiger partial charge >= 0.3 is 0 Å². The number of ether oxygens (including phenoxy) is 2. The van der Waals surface area contributed by atoms with E-state index >= 15 is 4.39 Å². The maximum absolute atomic E-state index is 16.1. The number of nitrogens with zero attached hydrogens (tertiary/aromatic N) is 7. The molecule has 1 fully saturated rings. The van der Waals surface area contributed by atoms with Gasteiger partial charge in [-0.2, -0.15) is 9.97 Å². The molecule has 4 N–H and O–H groups in total. The van der Waals surface area contributed by atoms with E-state index in [2.05, 4.69) is 30.3 Å². The number of imidazole rings is 1. The van der Waals surface area contributed by atoms with Gasteiger partial charge in [-0.15, -0.1) is 0 Å². The average Bonchev–Trinajstić information content (AvgIpc) is 3.30. The zero-order valence-electron chi connectivity index (χ0n) is 17.4. The summed E-state index contributed by atoms with van der Waals surface area (Å²) in [5.74, 6) is 0.401. The molecule has 0 saturated carbocycles. The first-order valence-electron chi connectivity index (χ1n) is 9.77. The number of hydrogen-bond donors (Lipinski definition) is 3. The van der Waals surface area contributed by atoms with Crippen molar-refractivity contribution in [2.45, 2.75) is 37.6 Å². The zero-order chi connectivity index (χ0) is 22.9. The van der Waals surface area contributed by atoms with Crippen molar-refractivity contribution in [1.82, 2.24) is 19.5 Å². The molecule has 1 aliphatic rings. The minimum atomic E-state index is -2.04. The van der Waals surface area contributed by atoms with Crippen LogP contribution in [0.3, 0.4) is 0 Å². The van der Waals surface area contributed by atoms with Crippen molar-refractivity contribution in [3.8, 4) is 0 Å². The van der Waals surface area contributed by atoms with Crippen molar-refractivity contribution in [1.29, 1.82) is 0 Å². The summed E-state index contributed by atoms with van der Waals surface area (Å²) in [5, 5.41) is 16.2. The predicted octanol–water partition coefficient (Wildman–Crippen LogP) is 2.60. The number of hydrogen-bond acceptors (Lipinski definition) is 9. The Morgan fingerprint density at radius 1 is 1.41 bits per heavy atom. The molecule has 3 aromatic rings. The zero-order valence-corrected chi connectivity index (χ0v) is 17.4. The van der Waals surface area contributed by atoms with Crippen LogP contribution in [0.4, 0.5) is 21.8 Å². The van der Waals surface area contributed by atoms with Crippen LogP contribution in [0.25, 0.3) is 21.6 Å². The second-order valence-electron chi connectivity index (χ2n) is 7.45. The van der Waals surface area contributed by atoms with Crippen LogP contribution in [0.5, 0.6) is 0 Å². The number of aliphatic hydroxyl groups is 1. The molecule has 0 aliphatic carbocycles. The van der Waals surface area contributed by atoms with E-state index in [0.717, 1.165) is 5.56 Å². The predicted molar refractivity (Wildman–Crippen MR) is 114 cm³/mol. The molecule has 1 aromatic carbocycles. The fraction of sp³-hybridized carbons (Fsp3) is 0.421. The molecule has 13 heteroatoms. The first kappa shape index (κ1) is 21.7. The van der Waals surface area contributed by atoms with Crippen LogP contribution in [0.2, 0.25) is 0 Å². The van der Waals surface area contributed by atoms with Crippen LogP contribution < -0.4 is 11.1 Å². The number of nitrogens with two attached hydrogens (primary N) is 1. The molecule has 0 radical (unpaired) electrons. The van der Waals surface area contributed by atoms with Crippen LogP contribution in [-0.4, -0.2) is 56.2 Å². The highest BCUT2D eigenvalue weighted by atomic mass is 19.1. The molecule has 0 spiro atoms. The van der Waals surface area contributed by atoms with E-state index in [9.17, 15) is 5.11 Å². The minimum Gasteiger partial charge on any atom is -0.394 e. The summed E-state index contributed by atoms with van der Waals surface area (Å²) in [7, 11) is 1.66. The van der Waals surface area contributed by atoms with Gasteiger partial charge in [0.15, 0.2) is 28.9 Å². The Kier molecular flexibility index (Phi) is 5.80. The highest BCUT2D eigenvalue weighted by molar-refractivity contribution is 5.84. The lowest BCUT2D eigenvalue weighted by molar-refractivity contribution is -0.0675. The summed E-state index contributed by atoms with van der Waals surface area (Å²) >= 11 is 0. The van der Waals surface area contributed by atoms with Crippen molar-refractivity contribution < 1.29 is 19.0 Å². The molecule has 4 rings (SSSR count). The number of aliphatic hydroxyl groups excluding tert-OH is 1. The number of fused-ring (bicyclic) bond motifs is 1. The van der Waals surface area contributed by atoms with Gasteiger partial charge in [0, 0.05) is 17.6 Å². The third-order valence-electron chi connectivity index (χ3n) is 5.31. The Bertz CT molecular complexity index is 1160. The molecule has 3 heterocycles. The van der Waals surface area contributed by atoms with E-state index in [4.69, 9.17) is 20.7 Å². The number of nitrogens with one attached hydrogen (secondary N) is 1.